The summed E-state index contributed by atoms with van der Waals surface area (Å²) in [6, 6.07) is 0. The van der Waals surface area contributed by atoms with E-state index in [1.807, 2.05) is 0 Å². The van der Waals surface area contributed by atoms with Crippen molar-refractivity contribution in [1.29, 1.82) is 0 Å². The summed E-state index contributed by atoms with van der Waals surface area (Å²) in [6.45, 7) is 5.11. The van der Waals surface area contributed by atoms with E-state index in [0.29, 0.717) is 5.92 Å². The Morgan fingerprint density at radius 3 is 2.69 bits per heavy atom. The van der Waals surface area contributed by atoms with Crippen LogP contribution in [0.15, 0.2) is 0 Å². The Morgan fingerprint density at radius 2 is 2.23 bits per heavy atom. The van der Waals surface area contributed by atoms with Gasteiger partial charge < -0.3 is 4.89 Å². The van der Waals surface area contributed by atoms with Crippen LogP contribution >= 0.6 is 8.00 Å². The second kappa shape index (κ2) is 8.64. The fourth-order valence-corrected chi connectivity index (χ4v) is 1.39. The Kier molecular flexibility index (Phi) is 8.67. The van der Waals surface area contributed by atoms with Gasteiger partial charge in [0, 0.05) is 6.54 Å². The largest absolute Gasteiger partial charge is 0.602 e. The summed E-state index contributed by atoms with van der Waals surface area (Å²) in [4.78, 5) is 10.5. The highest BCUT2D eigenvalue weighted by molar-refractivity contribution is 7.42. The molecule has 0 heterocycles. The predicted molar refractivity (Wildman–Crippen MR) is 56.4 cm³/mol. The fraction of sp³-hybridized carbons (Fsp3) is 0.889. The molecule has 0 spiro atoms. The second-order valence-electron chi connectivity index (χ2n) is 3.19. The van der Waals surface area contributed by atoms with Crippen molar-refractivity contribution in [3.8, 4) is 0 Å². The maximum absolute atomic E-state index is 10.5. The van der Waals surface area contributed by atoms with Crippen LogP contribution in [-0.2, 0) is 4.62 Å². The summed E-state index contributed by atoms with van der Waals surface area (Å²) in [5.41, 5.74) is 2.70. The van der Waals surface area contributed by atoms with Gasteiger partial charge in [-0.25, -0.2) is 0 Å². The van der Waals surface area contributed by atoms with Gasteiger partial charge in [0.1, 0.15) is 6.30 Å². The lowest BCUT2D eigenvalue weighted by atomic mass is 10.00. The molecule has 13 heavy (non-hydrogen) atoms. The summed E-state index contributed by atoms with van der Waals surface area (Å²) < 4.78 is 4.70. The van der Waals surface area contributed by atoms with E-state index < -0.39 is 8.00 Å². The van der Waals surface area contributed by atoms with Gasteiger partial charge in [-0.1, -0.05) is 37.7 Å². The van der Waals surface area contributed by atoms with Gasteiger partial charge in [0.15, 0.2) is 0 Å². The van der Waals surface area contributed by atoms with Crippen LogP contribution in [0.1, 0.15) is 39.5 Å². The SMILES string of the molecule is C=[P+]([O-])ONCC(CC)CCCC. The first kappa shape index (κ1) is 13.1. The third kappa shape index (κ3) is 8.38. The molecule has 4 heteroatoms. The van der Waals surface area contributed by atoms with Gasteiger partial charge >= 0.3 is 0 Å². The van der Waals surface area contributed by atoms with Gasteiger partial charge in [0.25, 0.3) is 0 Å². The molecule has 0 radical (unpaired) electrons. The third-order valence-electron chi connectivity index (χ3n) is 2.08. The Labute approximate surface area is 82.0 Å². The van der Waals surface area contributed by atoms with Gasteiger partial charge in [-0.05, 0) is 12.3 Å². The molecule has 0 aromatic carbocycles. The fourth-order valence-electron chi connectivity index (χ4n) is 1.17. The zero-order valence-electron chi connectivity index (χ0n) is 8.58. The second-order valence-corrected chi connectivity index (χ2v) is 4.04. The van der Waals surface area contributed by atoms with Crippen molar-refractivity contribution in [1.82, 2.24) is 5.48 Å². The molecule has 0 aromatic rings. The van der Waals surface area contributed by atoms with E-state index in [0.717, 1.165) is 13.0 Å². The Balaban J connectivity index is 3.41. The lowest BCUT2D eigenvalue weighted by molar-refractivity contribution is -0.177. The molecule has 0 bridgehead atoms. The predicted octanol–water partition coefficient (Wildman–Crippen LogP) is 1.83. The van der Waals surface area contributed by atoms with Crippen LogP contribution in [0.25, 0.3) is 0 Å². The van der Waals surface area contributed by atoms with Crippen LogP contribution in [-0.4, -0.2) is 12.8 Å². The van der Waals surface area contributed by atoms with Crippen molar-refractivity contribution < 1.29 is 9.52 Å². The molecule has 0 aliphatic carbocycles. The van der Waals surface area contributed by atoms with Crippen LogP contribution in [0.4, 0.5) is 0 Å². The lowest BCUT2D eigenvalue weighted by Gasteiger charge is -2.12. The van der Waals surface area contributed by atoms with Crippen molar-refractivity contribution in [2.45, 2.75) is 39.5 Å². The number of hydroxylamine groups is 1. The molecule has 0 saturated heterocycles. The first-order chi connectivity index (χ1) is 6.20. The average Bonchev–Trinajstić information content (AvgIpc) is 2.10. The molecule has 2 unspecified atom stereocenters. The summed E-state index contributed by atoms with van der Waals surface area (Å²) in [5, 5.41) is 0. The first-order valence-corrected chi connectivity index (χ1v) is 6.24. The zero-order chi connectivity index (χ0) is 10.1. The number of rotatable bonds is 8. The zero-order valence-corrected chi connectivity index (χ0v) is 9.48. The summed E-state index contributed by atoms with van der Waals surface area (Å²) in [6.07, 6.45) is 8.05. The van der Waals surface area contributed by atoms with Crippen LogP contribution < -0.4 is 10.4 Å². The molecule has 0 fully saturated rings. The van der Waals surface area contributed by atoms with Crippen molar-refractivity contribution in [2.75, 3.05) is 6.54 Å². The van der Waals surface area contributed by atoms with Gasteiger partial charge in [-0.15, -0.1) is 0 Å². The van der Waals surface area contributed by atoms with Crippen molar-refractivity contribution in [3.63, 3.8) is 0 Å². The van der Waals surface area contributed by atoms with Gasteiger partial charge in [-0.2, -0.15) is 5.48 Å². The molecule has 0 saturated carbocycles. The van der Waals surface area contributed by atoms with E-state index in [2.05, 4.69) is 25.6 Å². The van der Waals surface area contributed by atoms with E-state index >= 15 is 0 Å². The highest BCUT2D eigenvalue weighted by Crippen LogP contribution is 2.12. The first-order valence-electron chi connectivity index (χ1n) is 4.88. The molecule has 0 aromatic heterocycles. The number of hydrogen-bond acceptors (Lipinski definition) is 3. The number of unbranched alkanes of at least 4 members (excludes halogenated alkanes) is 1. The Hall–Kier alpha value is 0.0500. The highest BCUT2D eigenvalue weighted by Gasteiger charge is 2.05. The topological polar surface area (TPSA) is 44.3 Å². The van der Waals surface area contributed by atoms with Crippen LogP contribution in [0.5, 0.6) is 0 Å². The lowest BCUT2D eigenvalue weighted by Crippen LogP contribution is -2.21. The summed E-state index contributed by atoms with van der Waals surface area (Å²) >= 11 is 0. The van der Waals surface area contributed by atoms with E-state index in [4.69, 9.17) is 4.62 Å². The Morgan fingerprint density at radius 1 is 1.54 bits per heavy atom. The molecule has 78 valence electrons. The van der Waals surface area contributed by atoms with Crippen LogP contribution in [0.2, 0.25) is 0 Å². The molecule has 0 amide bonds. The molecule has 0 rings (SSSR count). The van der Waals surface area contributed by atoms with Gasteiger partial charge in [0.05, 0.1) is 0 Å². The Bertz CT molecular complexity index is 142. The number of nitrogens with one attached hydrogen (secondary N) is 1. The third-order valence-corrected chi connectivity index (χ3v) is 2.41. The summed E-state index contributed by atoms with van der Waals surface area (Å²) in [7, 11) is -1.76. The molecule has 1 N–H and O–H groups in total. The molecular formula is C9H20NO2P. The van der Waals surface area contributed by atoms with Crippen molar-refractivity contribution in [2.24, 2.45) is 5.92 Å². The van der Waals surface area contributed by atoms with E-state index in [1.165, 1.54) is 19.3 Å². The van der Waals surface area contributed by atoms with Crippen molar-refractivity contribution in [3.05, 3.63) is 0 Å². The van der Waals surface area contributed by atoms with E-state index in [9.17, 15) is 4.89 Å². The van der Waals surface area contributed by atoms with E-state index in [1.54, 1.807) is 0 Å². The molecular weight excluding hydrogens is 185 g/mol. The van der Waals surface area contributed by atoms with Crippen LogP contribution in [0.3, 0.4) is 0 Å². The number of hydrogen-bond donors (Lipinski definition) is 1. The standard InChI is InChI=1S/C9H20NO2P/c1-4-6-7-9(5-2)8-10-12-13(3)11/h9-10H,3-8H2,1-2H3. The molecule has 0 aliphatic heterocycles. The quantitative estimate of drug-likeness (QED) is 0.485. The maximum Gasteiger partial charge on any atom is 0.240 e. The average molecular weight is 205 g/mol. The maximum atomic E-state index is 10.5. The minimum Gasteiger partial charge on any atom is -0.602 e. The van der Waals surface area contributed by atoms with Gasteiger partial charge in [0.2, 0.25) is 8.00 Å². The highest BCUT2D eigenvalue weighted by atomic mass is 31.1. The normalized spacial score (nSPS) is 14.2. The minimum atomic E-state index is -1.76. The van der Waals surface area contributed by atoms with Crippen molar-refractivity contribution >= 4 is 14.3 Å². The smallest absolute Gasteiger partial charge is 0.240 e. The van der Waals surface area contributed by atoms with Crippen LogP contribution in [0, 0.1) is 5.92 Å². The van der Waals surface area contributed by atoms with Gasteiger partial charge in [-0.3, -0.25) is 0 Å². The monoisotopic (exact) mass is 205 g/mol. The van der Waals surface area contributed by atoms with E-state index in [-0.39, 0.29) is 0 Å². The molecule has 3 nitrogen and oxygen atoms in total. The molecule has 0 aliphatic rings. The molecule has 2 atom stereocenters. The summed E-state index contributed by atoms with van der Waals surface area (Å²) in [5.74, 6) is 0.620. The minimum absolute atomic E-state index is 0.620.